The molecule has 0 fully saturated rings. The molecule has 1 aromatic heterocycles. The Kier molecular flexibility index (Phi) is 6.26. The number of aromatic nitrogens is 4. The van der Waals surface area contributed by atoms with Crippen LogP contribution in [-0.4, -0.2) is 51.9 Å². The lowest BCUT2D eigenvalue weighted by Gasteiger charge is -2.19. The molecule has 0 radical (unpaired) electrons. The summed E-state index contributed by atoms with van der Waals surface area (Å²) in [5.74, 6) is -0.445. The summed E-state index contributed by atoms with van der Waals surface area (Å²) in [5.41, 5.74) is 1.15. The van der Waals surface area contributed by atoms with Crippen molar-refractivity contribution in [1.29, 1.82) is 0 Å². The minimum atomic E-state index is -3.68. The molecule has 0 spiro atoms. The number of anilines is 1. The van der Waals surface area contributed by atoms with Gasteiger partial charge in [-0.1, -0.05) is 31.5 Å². The molecular weight excluding hydrogens is 416 g/mol. The van der Waals surface area contributed by atoms with Gasteiger partial charge in [0, 0.05) is 18.7 Å². The van der Waals surface area contributed by atoms with Crippen LogP contribution in [0.2, 0.25) is 5.02 Å². The van der Waals surface area contributed by atoms with E-state index < -0.39 is 15.9 Å². The molecule has 1 N–H and O–H groups in total. The first-order valence-electron chi connectivity index (χ1n) is 8.81. The van der Waals surface area contributed by atoms with Gasteiger partial charge in [0.25, 0.3) is 5.91 Å². The Morgan fingerprint density at radius 3 is 2.59 bits per heavy atom. The molecule has 1 heterocycles. The number of sulfonamides is 1. The second-order valence-corrected chi connectivity index (χ2v) is 8.33. The van der Waals surface area contributed by atoms with Crippen LogP contribution in [0.4, 0.5) is 5.69 Å². The molecule has 29 heavy (non-hydrogen) atoms. The number of nitrogens with zero attached hydrogens (tertiary/aromatic N) is 5. The number of nitrogens with one attached hydrogen (secondary N) is 1. The van der Waals surface area contributed by atoms with Gasteiger partial charge >= 0.3 is 0 Å². The molecule has 0 aliphatic carbocycles. The first-order chi connectivity index (χ1) is 13.9. The Labute approximate surface area is 173 Å². The quantitative estimate of drug-likeness (QED) is 0.612. The highest BCUT2D eigenvalue weighted by atomic mass is 35.5. The third-order valence-electron chi connectivity index (χ3n) is 4.25. The molecule has 0 saturated heterocycles. The van der Waals surface area contributed by atoms with E-state index in [2.05, 4.69) is 20.8 Å². The maximum atomic E-state index is 12.7. The molecule has 3 rings (SSSR count). The van der Waals surface area contributed by atoms with E-state index in [0.29, 0.717) is 24.3 Å². The first-order valence-corrected chi connectivity index (χ1v) is 10.6. The lowest BCUT2D eigenvalue weighted by Crippen LogP contribution is -2.30. The zero-order valence-corrected chi connectivity index (χ0v) is 17.4. The second-order valence-electron chi connectivity index (χ2n) is 5.99. The largest absolute Gasteiger partial charge is 0.321 e. The molecule has 1 amide bonds. The van der Waals surface area contributed by atoms with Crippen molar-refractivity contribution in [3.63, 3.8) is 0 Å². The molecule has 0 aliphatic rings. The molecule has 3 aromatic rings. The van der Waals surface area contributed by atoms with Crippen molar-refractivity contribution in [2.45, 2.75) is 18.7 Å². The number of amides is 1. The van der Waals surface area contributed by atoms with Crippen LogP contribution in [0.25, 0.3) is 5.69 Å². The average molecular weight is 435 g/mol. The van der Waals surface area contributed by atoms with Gasteiger partial charge in [0.1, 0.15) is 6.33 Å². The van der Waals surface area contributed by atoms with Gasteiger partial charge in [0.2, 0.25) is 10.0 Å². The summed E-state index contributed by atoms with van der Waals surface area (Å²) >= 11 is 6.18. The number of benzene rings is 2. The number of hydrogen-bond acceptors (Lipinski definition) is 6. The molecule has 0 atom stereocenters. The molecule has 2 aromatic carbocycles. The Morgan fingerprint density at radius 1 is 1.17 bits per heavy atom. The lowest BCUT2D eigenvalue weighted by atomic mass is 10.2. The summed E-state index contributed by atoms with van der Waals surface area (Å²) in [6, 6.07) is 10.9. The number of carbonyl (C=O) groups excluding carboxylic acids is 1. The van der Waals surface area contributed by atoms with E-state index in [9.17, 15) is 13.2 Å². The van der Waals surface area contributed by atoms with Crippen LogP contribution in [0.3, 0.4) is 0 Å². The van der Waals surface area contributed by atoms with Gasteiger partial charge in [-0.25, -0.2) is 13.1 Å². The normalized spacial score (nSPS) is 11.6. The molecule has 11 heteroatoms. The van der Waals surface area contributed by atoms with E-state index in [-0.39, 0.29) is 15.6 Å². The maximum Gasteiger partial charge on any atom is 0.255 e. The lowest BCUT2D eigenvalue weighted by molar-refractivity contribution is 0.102. The van der Waals surface area contributed by atoms with Gasteiger partial charge < -0.3 is 5.32 Å². The average Bonchev–Trinajstić information content (AvgIpc) is 3.25. The SMILES string of the molecule is CCN(CC)S(=O)(=O)c1ccc(Cl)c(NC(=O)c2cccc(-n3cnnn3)c2)c1. The van der Waals surface area contributed by atoms with Crippen molar-refractivity contribution in [2.75, 3.05) is 18.4 Å². The van der Waals surface area contributed by atoms with Gasteiger partial charge in [-0.2, -0.15) is 4.31 Å². The highest BCUT2D eigenvalue weighted by Crippen LogP contribution is 2.27. The topological polar surface area (TPSA) is 110 Å². The third-order valence-corrected chi connectivity index (χ3v) is 6.63. The minimum absolute atomic E-state index is 0.0586. The molecule has 0 bridgehead atoms. The monoisotopic (exact) mass is 434 g/mol. The van der Waals surface area contributed by atoms with Crippen LogP contribution in [0.1, 0.15) is 24.2 Å². The van der Waals surface area contributed by atoms with Gasteiger partial charge in [0.05, 0.1) is 21.3 Å². The van der Waals surface area contributed by atoms with Crippen molar-refractivity contribution in [1.82, 2.24) is 24.5 Å². The standard InChI is InChI=1S/C18H19ClN6O3S/c1-3-24(4-2)29(27,28)15-8-9-16(19)17(11-15)21-18(26)13-6-5-7-14(10-13)25-12-20-22-23-25/h5-12H,3-4H2,1-2H3,(H,21,26). The van der Waals surface area contributed by atoms with Crippen LogP contribution >= 0.6 is 11.6 Å². The number of hydrogen-bond donors (Lipinski definition) is 1. The number of tetrazole rings is 1. The van der Waals surface area contributed by atoms with Crippen molar-refractivity contribution >= 4 is 33.2 Å². The fourth-order valence-corrected chi connectivity index (χ4v) is 4.39. The number of carbonyl (C=O) groups is 1. The highest BCUT2D eigenvalue weighted by molar-refractivity contribution is 7.89. The van der Waals surface area contributed by atoms with E-state index in [0.717, 1.165) is 0 Å². The van der Waals surface area contributed by atoms with Gasteiger partial charge in [0.15, 0.2) is 0 Å². The fourth-order valence-electron chi connectivity index (χ4n) is 2.74. The summed E-state index contributed by atoms with van der Waals surface area (Å²) in [4.78, 5) is 12.8. The zero-order valence-electron chi connectivity index (χ0n) is 15.8. The van der Waals surface area contributed by atoms with Crippen molar-refractivity contribution in [3.8, 4) is 5.69 Å². The first kappa shape index (κ1) is 20.9. The zero-order chi connectivity index (χ0) is 21.0. The molecule has 9 nitrogen and oxygen atoms in total. The van der Waals surface area contributed by atoms with E-state index in [1.807, 2.05) is 0 Å². The summed E-state index contributed by atoms with van der Waals surface area (Å²) in [6.45, 7) is 4.20. The fraction of sp³-hybridized carbons (Fsp3) is 0.222. The Morgan fingerprint density at radius 2 is 1.93 bits per heavy atom. The predicted molar refractivity (Wildman–Crippen MR) is 109 cm³/mol. The highest BCUT2D eigenvalue weighted by Gasteiger charge is 2.23. The van der Waals surface area contributed by atoms with Gasteiger partial charge in [-0.3, -0.25) is 4.79 Å². The van der Waals surface area contributed by atoms with E-state index in [4.69, 9.17) is 11.6 Å². The smallest absolute Gasteiger partial charge is 0.255 e. The van der Waals surface area contributed by atoms with E-state index >= 15 is 0 Å². The summed E-state index contributed by atoms with van der Waals surface area (Å²) in [6.07, 6.45) is 1.41. The van der Waals surface area contributed by atoms with E-state index in [1.165, 1.54) is 33.5 Å². The van der Waals surface area contributed by atoms with Crippen LogP contribution in [0.15, 0.2) is 53.7 Å². The molecular formula is C18H19ClN6O3S. The summed E-state index contributed by atoms with van der Waals surface area (Å²) in [7, 11) is -3.68. The minimum Gasteiger partial charge on any atom is -0.321 e. The van der Waals surface area contributed by atoms with Crippen LogP contribution < -0.4 is 5.32 Å². The van der Waals surface area contributed by atoms with Crippen LogP contribution in [0.5, 0.6) is 0 Å². The Hall–Kier alpha value is -2.82. The van der Waals surface area contributed by atoms with Crippen LogP contribution in [-0.2, 0) is 10.0 Å². The van der Waals surface area contributed by atoms with Crippen LogP contribution in [0, 0.1) is 0 Å². The number of rotatable bonds is 7. The summed E-state index contributed by atoms with van der Waals surface area (Å²) in [5, 5.41) is 13.8. The third kappa shape index (κ3) is 4.44. The summed E-state index contributed by atoms with van der Waals surface area (Å²) < 4.78 is 28.2. The Balaban J connectivity index is 1.89. The van der Waals surface area contributed by atoms with Crippen molar-refractivity contribution < 1.29 is 13.2 Å². The molecule has 0 unspecified atom stereocenters. The molecule has 0 aliphatic heterocycles. The van der Waals surface area contributed by atoms with Gasteiger partial charge in [-0.05, 0) is 46.8 Å². The van der Waals surface area contributed by atoms with Crippen molar-refractivity contribution in [2.24, 2.45) is 0 Å². The second kappa shape index (κ2) is 8.68. The predicted octanol–water partition coefficient (Wildman–Crippen LogP) is 2.60. The maximum absolute atomic E-state index is 12.7. The number of halogens is 1. The Bertz CT molecular complexity index is 1110. The van der Waals surface area contributed by atoms with E-state index in [1.54, 1.807) is 38.1 Å². The molecule has 152 valence electrons. The molecule has 0 saturated carbocycles. The van der Waals surface area contributed by atoms with Crippen molar-refractivity contribution in [3.05, 3.63) is 59.4 Å². The van der Waals surface area contributed by atoms with Gasteiger partial charge in [-0.15, -0.1) is 5.10 Å².